The van der Waals surface area contributed by atoms with Crippen molar-refractivity contribution in [3.05, 3.63) is 40.9 Å². The van der Waals surface area contributed by atoms with Crippen LogP contribution < -0.4 is 15.4 Å². The van der Waals surface area contributed by atoms with Crippen molar-refractivity contribution in [1.29, 1.82) is 0 Å². The third-order valence-electron chi connectivity index (χ3n) is 2.71. The van der Waals surface area contributed by atoms with E-state index >= 15 is 0 Å². The van der Waals surface area contributed by atoms with Gasteiger partial charge in [0, 0.05) is 17.5 Å². The van der Waals surface area contributed by atoms with Gasteiger partial charge < -0.3 is 15.2 Å². The van der Waals surface area contributed by atoms with E-state index in [1.54, 1.807) is 31.4 Å². The Morgan fingerprint density at radius 3 is 2.64 bits per heavy atom. The number of aliphatic hydroxyl groups is 1. The van der Waals surface area contributed by atoms with Gasteiger partial charge in [-0.25, -0.2) is 4.98 Å². The number of thiazole rings is 1. The topological polar surface area (TPSA) is 101 Å². The van der Waals surface area contributed by atoms with Gasteiger partial charge in [0.25, 0.3) is 11.8 Å². The molecule has 0 unspecified atom stereocenters. The average molecular weight is 321 g/mol. The molecule has 0 bridgehead atoms. The molecule has 0 aliphatic rings. The Hall–Kier alpha value is -2.45. The SMILES string of the molecule is COc1ccc(C(=O)Nc2nc(C(=O)NCCO)cs2)cc1. The van der Waals surface area contributed by atoms with Gasteiger partial charge in [-0.3, -0.25) is 14.9 Å². The number of aliphatic hydroxyl groups excluding tert-OH is 1. The van der Waals surface area contributed by atoms with Crippen LogP contribution >= 0.6 is 11.3 Å². The number of amides is 2. The van der Waals surface area contributed by atoms with Gasteiger partial charge in [0.2, 0.25) is 0 Å². The Labute approximate surface area is 131 Å². The summed E-state index contributed by atoms with van der Waals surface area (Å²) >= 11 is 1.15. The molecule has 0 fully saturated rings. The predicted octanol–water partition coefficient (Wildman–Crippen LogP) is 1.13. The van der Waals surface area contributed by atoms with E-state index in [2.05, 4.69) is 15.6 Å². The normalized spacial score (nSPS) is 10.1. The third-order valence-corrected chi connectivity index (χ3v) is 3.46. The smallest absolute Gasteiger partial charge is 0.270 e. The number of benzene rings is 1. The molecule has 1 aromatic heterocycles. The Balaban J connectivity index is 1.99. The zero-order valence-electron chi connectivity index (χ0n) is 11.8. The van der Waals surface area contributed by atoms with Gasteiger partial charge >= 0.3 is 0 Å². The number of hydrogen-bond acceptors (Lipinski definition) is 6. The molecular weight excluding hydrogens is 306 g/mol. The summed E-state index contributed by atoms with van der Waals surface area (Å²) in [5.74, 6) is -0.0526. The van der Waals surface area contributed by atoms with E-state index in [0.29, 0.717) is 16.4 Å². The number of carbonyl (C=O) groups excluding carboxylic acids is 2. The average Bonchev–Trinajstić information content (AvgIpc) is 3.01. The first-order chi connectivity index (χ1) is 10.6. The molecule has 0 aliphatic heterocycles. The van der Waals surface area contributed by atoms with Crippen molar-refractivity contribution in [3.63, 3.8) is 0 Å². The number of anilines is 1. The van der Waals surface area contributed by atoms with Gasteiger partial charge in [-0.05, 0) is 24.3 Å². The molecule has 0 saturated heterocycles. The van der Waals surface area contributed by atoms with Crippen LogP contribution in [-0.2, 0) is 0 Å². The largest absolute Gasteiger partial charge is 0.497 e. The molecule has 1 heterocycles. The maximum Gasteiger partial charge on any atom is 0.270 e. The minimum Gasteiger partial charge on any atom is -0.497 e. The predicted molar refractivity (Wildman–Crippen MR) is 82.5 cm³/mol. The first-order valence-corrected chi connectivity index (χ1v) is 7.32. The maximum atomic E-state index is 12.0. The fraction of sp³-hybridized carbons (Fsp3) is 0.214. The number of nitrogens with zero attached hydrogens (tertiary/aromatic N) is 1. The van der Waals surface area contributed by atoms with Crippen LogP contribution in [0.3, 0.4) is 0 Å². The van der Waals surface area contributed by atoms with Gasteiger partial charge in [-0.15, -0.1) is 11.3 Å². The van der Waals surface area contributed by atoms with E-state index in [4.69, 9.17) is 9.84 Å². The third kappa shape index (κ3) is 4.03. The number of rotatable bonds is 6. The molecule has 1 aromatic carbocycles. The van der Waals surface area contributed by atoms with Crippen molar-refractivity contribution < 1.29 is 19.4 Å². The second kappa shape index (κ2) is 7.53. The highest BCUT2D eigenvalue weighted by molar-refractivity contribution is 7.14. The molecule has 0 aliphatic carbocycles. The molecule has 7 nitrogen and oxygen atoms in total. The summed E-state index contributed by atoms with van der Waals surface area (Å²) in [6.45, 7) is 0.0147. The monoisotopic (exact) mass is 321 g/mol. The molecule has 2 aromatic rings. The molecular formula is C14H15N3O4S. The van der Waals surface area contributed by atoms with E-state index in [1.165, 1.54) is 5.38 Å². The quantitative estimate of drug-likeness (QED) is 0.740. The number of aromatic nitrogens is 1. The zero-order valence-corrected chi connectivity index (χ0v) is 12.6. The molecule has 8 heteroatoms. The van der Waals surface area contributed by atoms with E-state index in [9.17, 15) is 9.59 Å². The van der Waals surface area contributed by atoms with E-state index in [-0.39, 0.29) is 24.8 Å². The summed E-state index contributed by atoms with van der Waals surface area (Å²) in [6.07, 6.45) is 0. The summed E-state index contributed by atoms with van der Waals surface area (Å²) < 4.78 is 5.02. The van der Waals surface area contributed by atoms with Crippen molar-refractivity contribution in [2.75, 3.05) is 25.6 Å². The first-order valence-electron chi connectivity index (χ1n) is 6.44. The van der Waals surface area contributed by atoms with Gasteiger partial charge in [0.1, 0.15) is 11.4 Å². The van der Waals surface area contributed by atoms with Crippen molar-refractivity contribution in [2.24, 2.45) is 0 Å². The summed E-state index contributed by atoms with van der Waals surface area (Å²) in [4.78, 5) is 27.7. The van der Waals surface area contributed by atoms with Crippen LogP contribution in [-0.4, -0.2) is 42.2 Å². The summed E-state index contributed by atoms with van der Waals surface area (Å²) in [6, 6.07) is 6.64. The van der Waals surface area contributed by atoms with Crippen LogP contribution in [0.1, 0.15) is 20.8 Å². The zero-order chi connectivity index (χ0) is 15.9. The molecule has 116 valence electrons. The van der Waals surface area contributed by atoms with E-state index in [0.717, 1.165) is 11.3 Å². The lowest BCUT2D eigenvalue weighted by Crippen LogP contribution is -2.26. The van der Waals surface area contributed by atoms with Crippen LogP contribution in [0.5, 0.6) is 5.75 Å². The minimum atomic E-state index is -0.393. The number of nitrogens with one attached hydrogen (secondary N) is 2. The minimum absolute atomic E-state index is 0.142. The van der Waals surface area contributed by atoms with E-state index in [1.807, 2.05) is 0 Å². The van der Waals surface area contributed by atoms with Crippen molar-refractivity contribution in [2.45, 2.75) is 0 Å². The fourth-order valence-corrected chi connectivity index (χ4v) is 2.29. The molecule has 2 amide bonds. The van der Waals surface area contributed by atoms with Crippen LogP contribution in [0.4, 0.5) is 5.13 Å². The second-order valence-electron chi connectivity index (χ2n) is 4.20. The molecule has 0 saturated carbocycles. The second-order valence-corrected chi connectivity index (χ2v) is 5.06. The number of methoxy groups -OCH3 is 1. The van der Waals surface area contributed by atoms with Gasteiger partial charge in [0.05, 0.1) is 13.7 Å². The molecule has 22 heavy (non-hydrogen) atoms. The van der Waals surface area contributed by atoms with Crippen LogP contribution in [0.25, 0.3) is 0 Å². The van der Waals surface area contributed by atoms with E-state index < -0.39 is 5.91 Å². The lowest BCUT2D eigenvalue weighted by molar-refractivity contribution is 0.0939. The Bertz CT molecular complexity index is 654. The molecule has 0 radical (unpaired) electrons. The standard InChI is InChI=1S/C14H15N3O4S/c1-21-10-4-2-9(3-5-10)12(19)17-14-16-11(8-22-14)13(20)15-6-7-18/h2-5,8,18H,6-7H2,1H3,(H,15,20)(H,16,17,19). The number of ether oxygens (including phenoxy) is 1. The highest BCUT2D eigenvalue weighted by Crippen LogP contribution is 2.17. The Kier molecular flexibility index (Phi) is 5.45. The molecule has 3 N–H and O–H groups in total. The summed E-state index contributed by atoms with van der Waals surface area (Å²) in [7, 11) is 1.55. The lowest BCUT2D eigenvalue weighted by atomic mass is 10.2. The number of hydrogen-bond donors (Lipinski definition) is 3. The Morgan fingerprint density at radius 1 is 1.27 bits per heavy atom. The van der Waals surface area contributed by atoms with Gasteiger partial charge in [-0.1, -0.05) is 0 Å². The summed E-state index contributed by atoms with van der Waals surface area (Å²) in [5, 5.41) is 15.6. The molecule has 2 rings (SSSR count). The molecule has 0 spiro atoms. The highest BCUT2D eigenvalue weighted by Gasteiger charge is 2.13. The Morgan fingerprint density at radius 2 is 2.00 bits per heavy atom. The van der Waals surface area contributed by atoms with Crippen molar-refractivity contribution in [1.82, 2.24) is 10.3 Å². The molecule has 0 atom stereocenters. The first kappa shape index (κ1) is 15.9. The fourth-order valence-electron chi connectivity index (χ4n) is 1.61. The number of carbonyl (C=O) groups is 2. The highest BCUT2D eigenvalue weighted by atomic mass is 32.1. The van der Waals surface area contributed by atoms with Crippen LogP contribution in [0.2, 0.25) is 0 Å². The maximum absolute atomic E-state index is 12.0. The summed E-state index contributed by atoms with van der Waals surface area (Å²) in [5.41, 5.74) is 0.658. The van der Waals surface area contributed by atoms with Gasteiger partial charge in [-0.2, -0.15) is 0 Å². The van der Waals surface area contributed by atoms with Crippen molar-refractivity contribution in [3.8, 4) is 5.75 Å². The van der Waals surface area contributed by atoms with Crippen molar-refractivity contribution >= 4 is 28.3 Å². The van der Waals surface area contributed by atoms with Crippen LogP contribution in [0.15, 0.2) is 29.6 Å². The van der Waals surface area contributed by atoms with Gasteiger partial charge in [0.15, 0.2) is 5.13 Å². The lowest BCUT2D eigenvalue weighted by Gasteiger charge is -2.03. The van der Waals surface area contributed by atoms with Crippen LogP contribution in [0, 0.1) is 0 Å².